The van der Waals surface area contributed by atoms with E-state index in [2.05, 4.69) is 6.92 Å². The summed E-state index contributed by atoms with van der Waals surface area (Å²) in [5.74, 6) is 1.22. The lowest BCUT2D eigenvalue weighted by Gasteiger charge is -2.23. The van der Waals surface area contributed by atoms with Crippen molar-refractivity contribution in [1.29, 1.82) is 0 Å². The molecule has 0 aliphatic carbocycles. The summed E-state index contributed by atoms with van der Waals surface area (Å²) < 4.78 is 5.09. The third-order valence-corrected chi connectivity index (χ3v) is 1.98. The molecule has 1 saturated heterocycles. The van der Waals surface area contributed by atoms with Crippen molar-refractivity contribution >= 4 is 12.0 Å². The van der Waals surface area contributed by atoms with Crippen molar-refractivity contribution < 1.29 is 4.18 Å². The molecule has 1 atom stereocenters. The smallest absolute Gasteiger partial charge is 0.0834 e. The highest BCUT2D eigenvalue weighted by atomic mass is 32.2. The molecule has 1 heterocycles. The first-order valence-electron chi connectivity index (χ1n) is 2.71. The molecule has 0 aromatic heterocycles. The average molecular weight is 118 g/mol. The highest BCUT2D eigenvalue weighted by Gasteiger charge is 2.17. The molecule has 1 unspecified atom stereocenters. The zero-order valence-corrected chi connectivity index (χ0v) is 5.33. The van der Waals surface area contributed by atoms with E-state index in [1.165, 1.54) is 18.6 Å². The second-order valence-corrected chi connectivity index (χ2v) is 2.55. The maximum Gasteiger partial charge on any atom is 0.0834 e. The van der Waals surface area contributed by atoms with Gasteiger partial charge in [0.2, 0.25) is 0 Å². The molecule has 0 N–H and O–H groups in total. The molecular formula is C5H10OS. The predicted octanol–water partition coefficient (Wildman–Crippen LogP) is 1.83. The zero-order valence-electron chi connectivity index (χ0n) is 4.52. The Hall–Kier alpha value is 0.310. The molecule has 2 heteroatoms. The van der Waals surface area contributed by atoms with Gasteiger partial charge in [-0.1, -0.05) is 13.3 Å². The molecule has 1 nitrogen and oxygen atoms in total. The fraction of sp³-hybridized carbons (Fsp3) is 1.00. The van der Waals surface area contributed by atoms with Gasteiger partial charge < -0.3 is 4.18 Å². The molecule has 1 fully saturated rings. The van der Waals surface area contributed by atoms with Gasteiger partial charge in [-0.15, -0.1) is 0 Å². The van der Waals surface area contributed by atoms with Gasteiger partial charge in [-0.25, -0.2) is 0 Å². The topological polar surface area (TPSA) is 9.23 Å². The van der Waals surface area contributed by atoms with Gasteiger partial charge in [0.15, 0.2) is 0 Å². The first-order chi connectivity index (χ1) is 3.43. The highest BCUT2D eigenvalue weighted by molar-refractivity contribution is 7.95. The Morgan fingerprint density at radius 3 is 2.71 bits per heavy atom. The summed E-state index contributed by atoms with van der Waals surface area (Å²) in [7, 11) is 0. The lowest BCUT2D eigenvalue weighted by molar-refractivity contribution is 0.214. The van der Waals surface area contributed by atoms with Crippen LogP contribution in [-0.4, -0.2) is 11.9 Å². The number of hydrogen-bond donors (Lipinski definition) is 0. The van der Waals surface area contributed by atoms with Crippen LogP contribution in [0.2, 0.25) is 0 Å². The fourth-order valence-corrected chi connectivity index (χ4v) is 1.21. The normalized spacial score (nSPS) is 29.6. The van der Waals surface area contributed by atoms with Crippen molar-refractivity contribution in [2.45, 2.75) is 25.9 Å². The van der Waals surface area contributed by atoms with Crippen LogP contribution >= 0.6 is 12.0 Å². The van der Waals surface area contributed by atoms with Gasteiger partial charge in [-0.2, -0.15) is 0 Å². The molecular weight excluding hydrogens is 108 g/mol. The van der Waals surface area contributed by atoms with Crippen LogP contribution in [0.4, 0.5) is 0 Å². The Bertz CT molecular complexity index is 52.0. The second kappa shape index (κ2) is 2.58. The van der Waals surface area contributed by atoms with Crippen LogP contribution in [-0.2, 0) is 4.18 Å². The molecule has 0 saturated carbocycles. The van der Waals surface area contributed by atoms with Crippen molar-refractivity contribution in [2.75, 3.05) is 5.75 Å². The maximum atomic E-state index is 5.09. The number of rotatable bonds is 2. The molecule has 0 aromatic carbocycles. The van der Waals surface area contributed by atoms with E-state index in [4.69, 9.17) is 4.18 Å². The van der Waals surface area contributed by atoms with E-state index in [-0.39, 0.29) is 0 Å². The van der Waals surface area contributed by atoms with Gasteiger partial charge in [0.1, 0.15) is 0 Å². The molecule has 7 heavy (non-hydrogen) atoms. The molecule has 0 bridgehead atoms. The highest BCUT2D eigenvalue weighted by Crippen LogP contribution is 2.25. The van der Waals surface area contributed by atoms with E-state index >= 15 is 0 Å². The van der Waals surface area contributed by atoms with Crippen molar-refractivity contribution in [2.24, 2.45) is 0 Å². The standard InChI is InChI=1S/C5H10OS/c1-2-3-5-4-7-6-5/h5H,2-4H2,1H3. The molecule has 0 radical (unpaired) electrons. The SMILES string of the molecule is CCCC1CSO1. The van der Waals surface area contributed by atoms with Crippen molar-refractivity contribution in [3.8, 4) is 0 Å². The third-order valence-electron chi connectivity index (χ3n) is 1.07. The van der Waals surface area contributed by atoms with E-state index in [0.717, 1.165) is 0 Å². The first kappa shape index (κ1) is 5.45. The minimum atomic E-state index is 0.593. The van der Waals surface area contributed by atoms with Crippen LogP contribution in [0.1, 0.15) is 19.8 Å². The molecule has 0 spiro atoms. The summed E-state index contributed by atoms with van der Waals surface area (Å²) >= 11 is 1.59. The minimum Gasteiger partial charge on any atom is -0.311 e. The van der Waals surface area contributed by atoms with E-state index < -0.39 is 0 Å². The summed E-state index contributed by atoms with van der Waals surface area (Å²) in [6, 6.07) is 0. The van der Waals surface area contributed by atoms with Gasteiger partial charge in [-0.05, 0) is 18.5 Å². The van der Waals surface area contributed by atoms with Crippen molar-refractivity contribution in [1.82, 2.24) is 0 Å². The molecule has 42 valence electrons. The number of hydrogen-bond acceptors (Lipinski definition) is 2. The Labute approximate surface area is 48.6 Å². The van der Waals surface area contributed by atoms with Crippen LogP contribution in [0, 0.1) is 0 Å². The Kier molecular flexibility index (Phi) is 2.00. The van der Waals surface area contributed by atoms with Gasteiger partial charge in [0.05, 0.1) is 6.10 Å². The summed E-state index contributed by atoms with van der Waals surface area (Å²) in [6.07, 6.45) is 3.09. The van der Waals surface area contributed by atoms with Gasteiger partial charge >= 0.3 is 0 Å². The van der Waals surface area contributed by atoms with Gasteiger partial charge in [0.25, 0.3) is 0 Å². The van der Waals surface area contributed by atoms with Crippen molar-refractivity contribution in [3.63, 3.8) is 0 Å². The first-order valence-corrected chi connectivity index (χ1v) is 3.63. The molecule has 0 amide bonds. The maximum absolute atomic E-state index is 5.09. The quantitative estimate of drug-likeness (QED) is 0.512. The van der Waals surface area contributed by atoms with Crippen LogP contribution in [0.25, 0.3) is 0 Å². The van der Waals surface area contributed by atoms with Crippen LogP contribution in [0.3, 0.4) is 0 Å². The molecule has 1 aliphatic heterocycles. The summed E-state index contributed by atoms with van der Waals surface area (Å²) in [5.41, 5.74) is 0. The van der Waals surface area contributed by atoms with Crippen molar-refractivity contribution in [3.05, 3.63) is 0 Å². The summed E-state index contributed by atoms with van der Waals surface area (Å²) in [4.78, 5) is 0. The Morgan fingerprint density at radius 2 is 2.57 bits per heavy atom. The molecule has 0 aromatic rings. The minimum absolute atomic E-state index is 0.593. The van der Waals surface area contributed by atoms with E-state index in [9.17, 15) is 0 Å². The van der Waals surface area contributed by atoms with Gasteiger partial charge in [-0.3, -0.25) is 0 Å². The lowest BCUT2D eigenvalue weighted by atomic mass is 10.2. The molecule has 1 aliphatic rings. The lowest BCUT2D eigenvalue weighted by Crippen LogP contribution is -2.21. The van der Waals surface area contributed by atoms with Crippen LogP contribution in [0.5, 0.6) is 0 Å². The Balaban J connectivity index is 1.93. The van der Waals surface area contributed by atoms with Crippen LogP contribution < -0.4 is 0 Å². The Morgan fingerprint density at radius 1 is 1.86 bits per heavy atom. The van der Waals surface area contributed by atoms with E-state index in [1.54, 1.807) is 12.0 Å². The molecule has 1 rings (SSSR count). The van der Waals surface area contributed by atoms with Gasteiger partial charge in [0, 0.05) is 5.75 Å². The summed E-state index contributed by atoms with van der Waals surface area (Å²) in [5, 5.41) is 0. The zero-order chi connectivity index (χ0) is 5.11. The predicted molar refractivity (Wildman–Crippen MR) is 32.2 cm³/mol. The van der Waals surface area contributed by atoms with E-state index in [1.807, 2.05) is 0 Å². The van der Waals surface area contributed by atoms with Crippen LogP contribution in [0.15, 0.2) is 0 Å². The van der Waals surface area contributed by atoms with E-state index in [0.29, 0.717) is 6.10 Å². The largest absolute Gasteiger partial charge is 0.311 e. The monoisotopic (exact) mass is 118 g/mol. The fourth-order valence-electron chi connectivity index (χ4n) is 0.618. The second-order valence-electron chi connectivity index (χ2n) is 1.79. The summed E-state index contributed by atoms with van der Waals surface area (Å²) in [6.45, 7) is 2.19. The average Bonchev–Trinajstić information content (AvgIpc) is 1.55. The third kappa shape index (κ3) is 1.35.